The molecule has 0 amide bonds. The van der Waals surface area contributed by atoms with Crippen molar-refractivity contribution < 1.29 is 15.0 Å². The Bertz CT molecular complexity index is 355. The molecular formula is C11H16N2O3. The highest BCUT2D eigenvalue weighted by Crippen LogP contribution is 2.10. The Labute approximate surface area is 94.1 Å². The predicted molar refractivity (Wildman–Crippen MR) is 60.6 cm³/mol. The molecule has 0 aliphatic carbocycles. The van der Waals surface area contributed by atoms with Gasteiger partial charge in [-0.05, 0) is 25.0 Å². The number of nitrogens with zero attached hydrogens (tertiary/aromatic N) is 1. The zero-order valence-electron chi connectivity index (χ0n) is 9.18. The van der Waals surface area contributed by atoms with E-state index in [0.29, 0.717) is 12.2 Å². The quantitative estimate of drug-likeness (QED) is 0.679. The van der Waals surface area contributed by atoms with Crippen molar-refractivity contribution in [3.05, 3.63) is 23.9 Å². The van der Waals surface area contributed by atoms with Crippen LogP contribution in [0.15, 0.2) is 18.3 Å². The largest absolute Gasteiger partial charge is 0.478 e. The minimum absolute atomic E-state index is 0.101. The fraction of sp³-hybridized carbons (Fsp3) is 0.455. The van der Waals surface area contributed by atoms with Crippen molar-refractivity contribution >= 4 is 11.8 Å². The van der Waals surface area contributed by atoms with E-state index in [9.17, 15) is 4.79 Å². The van der Waals surface area contributed by atoms with E-state index in [4.69, 9.17) is 10.2 Å². The Balaban J connectivity index is 2.72. The van der Waals surface area contributed by atoms with E-state index in [-0.39, 0.29) is 18.2 Å². The summed E-state index contributed by atoms with van der Waals surface area (Å²) in [7, 11) is 0. The summed E-state index contributed by atoms with van der Waals surface area (Å²) >= 11 is 0. The molecular weight excluding hydrogens is 208 g/mol. The van der Waals surface area contributed by atoms with Gasteiger partial charge in [-0.25, -0.2) is 9.78 Å². The van der Waals surface area contributed by atoms with Crippen molar-refractivity contribution in [1.82, 2.24) is 4.98 Å². The van der Waals surface area contributed by atoms with Crippen LogP contribution in [0.4, 0.5) is 5.82 Å². The van der Waals surface area contributed by atoms with Crippen molar-refractivity contribution in [2.24, 2.45) is 0 Å². The third kappa shape index (κ3) is 3.51. The predicted octanol–water partition coefficient (Wildman–Crippen LogP) is 1.35. The minimum Gasteiger partial charge on any atom is -0.478 e. The molecule has 0 spiro atoms. The molecule has 1 rings (SSSR count). The highest BCUT2D eigenvalue weighted by molar-refractivity contribution is 5.88. The number of nitrogens with one attached hydrogen (secondary N) is 1. The first-order valence-corrected chi connectivity index (χ1v) is 5.24. The lowest BCUT2D eigenvalue weighted by molar-refractivity contribution is 0.0697. The average Bonchev–Trinajstić information content (AvgIpc) is 2.29. The number of aliphatic hydroxyl groups excluding tert-OH is 1. The molecule has 0 aromatic carbocycles. The molecule has 0 fully saturated rings. The number of pyridine rings is 1. The molecule has 16 heavy (non-hydrogen) atoms. The Morgan fingerprint density at radius 1 is 1.62 bits per heavy atom. The van der Waals surface area contributed by atoms with E-state index in [1.54, 1.807) is 0 Å². The van der Waals surface area contributed by atoms with Crippen LogP contribution >= 0.6 is 0 Å². The monoisotopic (exact) mass is 224 g/mol. The number of aromatic carboxylic acids is 1. The molecule has 1 atom stereocenters. The van der Waals surface area contributed by atoms with Crippen LogP contribution in [0, 0.1) is 0 Å². The zero-order chi connectivity index (χ0) is 12.0. The summed E-state index contributed by atoms with van der Waals surface area (Å²) in [5, 5.41) is 20.7. The first kappa shape index (κ1) is 12.4. The van der Waals surface area contributed by atoms with E-state index < -0.39 is 5.97 Å². The van der Waals surface area contributed by atoms with E-state index in [1.807, 2.05) is 6.92 Å². The second kappa shape index (κ2) is 6.07. The maximum Gasteiger partial charge on any atom is 0.335 e. The van der Waals surface area contributed by atoms with Gasteiger partial charge in [0.2, 0.25) is 0 Å². The Morgan fingerprint density at radius 3 is 2.94 bits per heavy atom. The summed E-state index contributed by atoms with van der Waals surface area (Å²) in [5.74, 6) is -0.444. The smallest absolute Gasteiger partial charge is 0.335 e. The van der Waals surface area contributed by atoms with Crippen LogP contribution in [0.25, 0.3) is 0 Å². The number of carboxylic acids is 1. The van der Waals surface area contributed by atoms with Gasteiger partial charge in [-0.3, -0.25) is 0 Å². The normalized spacial score (nSPS) is 12.1. The van der Waals surface area contributed by atoms with Gasteiger partial charge in [0.05, 0.1) is 5.56 Å². The van der Waals surface area contributed by atoms with Gasteiger partial charge >= 0.3 is 5.97 Å². The van der Waals surface area contributed by atoms with Crippen LogP contribution in [-0.2, 0) is 0 Å². The summed E-state index contributed by atoms with van der Waals surface area (Å²) in [6.45, 7) is 2.10. The molecule has 1 heterocycles. The summed E-state index contributed by atoms with van der Waals surface area (Å²) in [6, 6.07) is 3.05. The van der Waals surface area contributed by atoms with E-state index in [2.05, 4.69) is 10.3 Å². The summed E-state index contributed by atoms with van der Waals surface area (Å²) < 4.78 is 0. The van der Waals surface area contributed by atoms with Crippen molar-refractivity contribution in [3.63, 3.8) is 0 Å². The van der Waals surface area contributed by atoms with Crippen molar-refractivity contribution in [1.29, 1.82) is 0 Å². The number of carboxylic acid groups (broad SMARTS) is 1. The minimum atomic E-state index is -0.972. The molecule has 0 aliphatic heterocycles. The third-order valence-electron chi connectivity index (χ3n) is 2.33. The highest BCUT2D eigenvalue weighted by atomic mass is 16.4. The maximum atomic E-state index is 10.7. The molecule has 1 unspecified atom stereocenters. The zero-order valence-corrected chi connectivity index (χ0v) is 9.18. The number of anilines is 1. The van der Waals surface area contributed by atoms with Crippen molar-refractivity contribution in [2.75, 3.05) is 11.9 Å². The molecule has 0 radical (unpaired) electrons. The Hall–Kier alpha value is -1.62. The first-order chi connectivity index (χ1) is 7.67. The number of hydrogen-bond acceptors (Lipinski definition) is 4. The first-order valence-electron chi connectivity index (χ1n) is 5.24. The summed E-state index contributed by atoms with van der Waals surface area (Å²) in [4.78, 5) is 14.8. The van der Waals surface area contributed by atoms with Gasteiger partial charge in [0, 0.05) is 18.8 Å². The number of aromatic nitrogens is 1. The highest BCUT2D eigenvalue weighted by Gasteiger charge is 2.08. The van der Waals surface area contributed by atoms with Crippen LogP contribution in [0.1, 0.15) is 30.1 Å². The number of hydrogen-bond donors (Lipinski definition) is 3. The van der Waals surface area contributed by atoms with Gasteiger partial charge in [0.15, 0.2) is 0 Å². The molecule has 0 saturated heterocycles. The second-order valence-electron chi connectivity index (χ2n) is 3.50. The molecule has 3 N–H and O–H groups in total. The fourth-order valence-corrected chi connectivity index (χ4v) is 1.39. The number of carbonyl (C=O) groups is 1. The van der Waals surface area contributed by atoms with E-state index in [0.717, 1.165) is 6.42 Å². The van der Waals surface area contributed by atoms with Crippen LogP contribution in [0.5, 0.6) is 0 Å². The second-order valence-corrected chi connectivity index (χ2v) is 3.50. The van der Waals surface area contributed by atoms with Crippen LogP contribution in [-0.4, -0.2) is 33.8 Å². The summed E-state index contributed by atoms with van der Waals surface area (Å²) in [6.07, 6.45) is 2.92. The van der Waals surface area contributed by atoms with Crippen molar-refractivity contribution in [2.45, 2.75) is 25.8 Å². The van der Waals surface area contributed by atoms with E-state index >= 15 is 0 Å². The maximum absolute atomic E-state index is 10.7. The van der Waals surface area contributed by atoms with Crippen LogP contribution in [0.2, 0.25) is 0 Å². The lowest BCUT2D eigenvalue weighted by Gasteiger charge is -2.16. The third-order valence-corrected chi connectivity index (χ3v) is 2.33. The SMILES string of the molecule is CCC(CCO)Nc1cc(C(=O)O)ccn1. The van der Waals surface area contributed by atoms with Gasteiger partial charge in [0.25, 0.3) is 0 Å². The lowest BCUT2D eigenvalue weighted by atomic mass is 10.1. The summed E-state index contributed by atoms with van der Waals surface area (Å²) in [5.41, 5.74) is 0.205. The molecule has 0 bridgehead atoms. The molecule has 0 saturated carbocycles. The van der Waals surface area contributed by atoms with Gasteiger partial charge in [-0.2, -0.15) is 0 Å². The lowest BCUT2D eigenvalue weighted by Crippen LogP contribution is -2.20. The van der Waals surface area contributed by atoms with Gasteiger partial charge in [-0.15, -0.1) is 0 Å². The standard InChI is InChI=1S/C11H16N2O3/c1-2-9(4-6-14)13-10-7-8(11(15)16)3-5-12-10/h3,5,7,9,14H,2,4,6H2,1H3,(H,12,13)(H,15,16). The van der Waals surface area contributed by atoms with Crippen molar-refractivity contribution in [3.8, 4) is 0 Å². The average molecular weight is 224 g/mol. The van der Waals surface area contributed by atoms with Crippen LogP contribution < -0.4 is 5.32 Å². The van der Waals surface area contributed by atoms with Gasteiger partial charge in [0.1, 0.15) is 5.82 Å². The van der Waals surface area contributed by atoms with Crippen LogP contribution in [0.3, 0.4) is 0 Å². The molecule has 5 nitrogen and oxygen atoms in total. The molecule has 88 valence electrons. The molecule has 5 heteroatoms. The van der Waals surface area contributed by atoms with Gasteiger partial charge < -0.3 is 15.5 Å². The number of rotatable bonds is 6. The van der Waals surface area contributed by atoms with Gasteiger partial charge in [-0.1, -0.05) is 6.92 Å². The number of aliphatic hydroxyl groups is 1. The van der Waals surface area contributed by atoms with E-state index in [1.165, 1.54) is 18.3 Å². The fourth-order valence-electron chi connectivity index (χ4n) is 1.39. The molecule has 1 aromatic heterocycles. The molecule has 0 aliphatic rings. The Morgan fingerprint density at radius 2 is 2.38 bits per heavy atom. The topological polar surface area (TPSA) is 82.5 Å². The molecule has 1 aromatic rings. The Kier molecular flexibility index (Phi) is 4.72.